The lowest BCUT2D eigenvalue weighted by molar-refractivity contribution is -0.122. The van der Waals surface area contributed by atoms with E-state index in [2.05, 4.69) is 10.3 Å². The Morgan fingerprint density at radius 1 is 1.00 bits per heavy atom. The maximum absolute atomic E-state index is 13.6. The third kappa shape index (κ3) is 5.33. The molecule has 1 N–H and O–H groups in total. The van der Waals surface area contributed by atoms with Gasteiger partial charge < -0.3 is 14.8 Å². The molecule has 9 heteroatoms. The quantitative estimate of drug-likeness (QED) is 0.376. The zero-order chi connectivity index (χ0) is 26.7. The first-order valence-electron chi connectivity index (χ1n) is 12.1. The van der Waals surface area contributed by atoms with Crippen molar-refractivity contribution in [3.63, 3.8) is 0 Å². The van der Waals surface area contributed by atoms with E-state index in [1.165, 1.54) is 23.5 Å². The zero-order valence-electron chi connectivity index (χ0n) is 21.0. The Bertz CT molecular complexity index is 1540. The standard InChI is InChI=1S/C29H27N3O5S/c1-20-3-12-26-27(17-20)37-28(19-32(26)38(34,35)25-10-8-24(36-2)9-11-25)29(33)31-23-6-4-21(5-7-23)18-22-13-15-30-16-14-22/h3-17,28H,18-19H2,1-2H3,(H,31,33). The van der Waals surface area contributed by atoms with Gasteiger partial charge in [-0.1, -0.05) is 18.2 Å². The number of anilines is 2. The van der Waals surface area contributed by atoms with Crippen LogP contribution in [0.3, 0.4) is 0 Å². The molecule has 1 aliphatic rings. The second-order valence-electron chi connectivity index (χ2n) is 9.01. The number of hydrogen-bond donors (Lipinski definition) is 1. The van der Waals surface area contributed by atoms with Crippen LogP contribution in [-0.4, -0.2) is 39.1 Å². The highest BCUT2D eigenvalue weighted by Gasteiger charge is 2.37. The van der Waals surface area contributed by atoms with Crippen molar-refractivity contribution in [3.8, 4) is 11.5 Å². The Balaban J connectivity index is 1.36. The fourth-order valence-corrected chi connectivity index (χ4v) is 5.74. The van der Waals surface area contributed by atoms with Crippen LogP contribution in [0.5, 0.6) is 11.5 Å². The van der Waals surface area contributed by atoms with Crippen molar-refractivity contribution in [2.45, 2.75) is 24.3 Å². The van der Waals surface area contributed by atoms with E-state index < -0.39 is 22.0 Å². The Morgan fingerprint density at radius 2 is 1.68 bits per heavy atom. The number of rotatable bonds is 7. The number of sulfonamides is 1. The number of hydrogen-bond acceptors (Lipinski definition) is 6. The number of methoxy groups -OCH3 is 1. The van der Waals surface area contributed by atoms with Crippen LogP contribution >= 0.6 is 0 Å². The van der Waals surface area contributed by atoms with Crippen LogP contribution in [0.15, 0.2) is 96.2 Å². The third-order valence-corrected chi connectivity index (χ3v) is 8.10. The lowest BCUT2D eigenvalue weighted by Gasteiger charge is -2.35. The highest BCUT2D eigenvalue weighted by atomic mass is 32.2. The van der Waals surface area contributed by atoms with E-state index in [0.717, 1.165) is 23.1 Å². The fraction of sp³-hybridized carbons (Fsp3) is 0.172. The molecule has 0 saturated carbocycles. The van der Waals surface area contributed by atoms with Gasteiger partial charge in [-0.25, -0.2) is 8.42 Å². The first-order valence-corrected chi connectivity index (χ1v) is 13.5. The summed E-state index contributed by atoms with van der Waals surface area (Å²) in [6.07, 6.45) is 3.21. The lowest BCUT2D eigenvalue weighted by atomic mass is 10.1. The SMILES string of the molecule is COc1ccc(S(=O)(=O)N2CC(C(=O)Nc3ccc(Cc4ccncc4)cc3)Oc3cc(C)ccc32)cc1. The summed E-state index contributed by atoms with van der Waals surface area (Å²) in [7, 11) is -2.46. The summed E-state index contributed by atoms with van der Waals surface area (Å²) in [5.74, 6) is 0.446. The van der Waals surface area contributed by atoms with Crippen LogP contribution < -0.4 is 19.1 Å². The van der Waals surface area contributed by atoms with Gasteiger partial charge in [0.15, 0.2) is 6.10 Å². The molecule has 38 heavy (non-hydrogen) atoms. The van der Waals surface area contributed by atoms with Gasteiger partial charge in [-0.15, -0.1) is 0 Å². The molecule has 0 fully saturated rings. The van der Waals surface area contributed by atoms with E-state index in [0.29, 0.717) is 22.9 Å². The van der Waals surface area contributed by atoms with Crippen molar-refractivity contribution in [1.82, 2.24) is 4.98 Å². The van der Waals surface area contributed by atoms with Crippen molar-refractivity contribution in [1.29, 1.82) is 0 Å². The minimum Gasteiger partial charge on any atom is -0.497 e. The van der Waals surface area contributed by atoms with Crippen molar-refractivity contribution < 1.29 is 22.7 Å². The maximum atomic E-state index is 13.6. The Hall–Kier alpha value is -4.37. The van der Waals surface area contributed by atoms with Gasteiger partial charge in [0.1, 0.15) is 11.5 Å². The molecule has 4 aromatic rings. The van der Waals surface area contributed by atoms with Gasteiger partial charge in [-0.05, 0) is 90.7 Å². The van der Waals surface area contributed by atoms with Gasteiger partial charge in [0.2, 0.25) is 0 Å². The van der Waals surface area contributed by atoms with Gasteiger partial charge in [0, 0.05) is 18.1 Å². The molecule has 1 aromatic heterocycles. The third-order valence-electron chi connectivity index (χ3n) is 6.30. The first kappa shape index (κ1) is 25.3. The van der Waals surface area contributed by atoms with Gasteiger partial charge in [-0.2, -0.15) is 0 Å². The summed E-state index contributed by atoms with van der Waals surface area (Å²) in [5, 5.41) is 2.86. The number of aryl methyl sites for hydroxylation is 1. The summed E-state index contributed by atoms with van der Waals surface area (Å²) in [5.41, 5.74) is 4.09. The Kier molecular flexibility index (Phi) is 7.02. The predicted octanol–water partition coefficient (Wildman–Crippen LogP) is 4.58. The molecular weight excluding hydrogens is 502 g/mol. The molecular formula is C29H27N3O5S. The molecule has 194 valence electrons. The van der Waals surface area contributed by atoms with Gasteiger partial charge in [0.05, 0.1) is 24.2 Å². The number of carbonyl (C=O) groups is 1. The average molecular weight is 530 g/mol. The molecule has 0 radical (unpaired) electrons. The number of pyridine rings is 1. The van der Waals surface area contributed by atoms with Crippen LogP contribution in [-0.2, 0) is 21.2 Å². The fourth-order valence-electron chi connectivity index (χ4n) is 4.27. The van der Waals surface area contributed by atoms with E-state index in [1.807, 2.05) is 49.4 Å². The second-order valence-corrected chi connectivity index (χ2v) is 10.9. The second kappa shape index (κ2) is 10.5. The predicted molar refractivity (Wildman–Crippen MR) is 145 cm³/mol. The monoisotopic (exact) mass is 529 g/mol. The molecule has 0 bridgehead atoms. The van der Waals surface area contributed by atoms with E-state index in [4.69, 9.17) is 9.47 Å². The summed E-state index contributed by atoms with van der Waals surface area (Å²) in [6, 6.07) is 22.8. The molecule has 1 atom stereocenters. The number of aromatic nitrogens is 1. The molecule has 0 saturated heterocycles. The van der Waals surface area contributed by atoms with E-state index >= 15 is 0 Å². The molecule has 5 rings (SSSR count). The van der Waals surface area contributed by atoms with Crippen LogP contribution in [0.1, 0.15) is 16.7 Å². The Labute approximate surface area is 221 Å². The molecule has 0 spiro atoms. The number of nitrogens with one attached hydrogen (secondary N) is 1. The molecule has 3 aromatic carbocycles. The highest BCUT2D eigenvalue weighted by Crippen LogP contribution is 2.38. The molecule has 1 amide bonds. The van der Waals surface area contributed by atoms with E-state index in [1.54, 1.807) is 36.7 Å². The van der Waals surface area contributed by atoms with Crippen LogP contribution in [0.2, 0.25) is 0 Å². The molecule has 1 aliphatic heterocycles. The average Bonchev–Trinajstić information content (AvgIpc) is 2.94. The largest absolute Gasteiger partial charge is 0.497 e. The van der Waals surface area contributed by atoms with Crippen LogP contribution in [0.25, 0.3) is 0 Å². The number of amides is 1. The molecule has 1 unspecified atom stereocenters. The van der Waals surface area contributed by atoms with E-state index in [-0.39, 0.29) is 11.4 Å². The van der Waals surface area contributed by atoms with Crippen molar-refractivity contribution in [3.05, 3.63) is 108 Å². The lowest BCUT2D eigenvalue weighted by Crippen LogP contribution is -2.48. The minimum atomic E-state index is -3.97. The number of carbonyl (C=O) groups excluding carboxylic acids is 1. The number of nitrogens with zero attached hydrogens (tertiary/aromatic N) is 2. The summed E-state index contributed by atoms with van der Waals surface area (Å²) >= 11 is 0. The Morgan fingerprint density at radius 3 is 2.37 bits per heavy atom. The summed E-state index contributed by atoms with van der Waals surface area (Å²) in [6.45, 7) is 1.71. The van der Waals surface area contributed by atoms with Gasteiger partial charge in [-0.3, -0.25) is 14.1 Å². The maximum Gasteiger partial charge on any atom is 0.267 e. The first-order chi connectivity index (χ1) is 18.3. The molecule has 8 nitrogen and oxygen atoms in total. The van der Waals surface area contributed by atoms with Gasteiger partial charge >= 0.3 is 0 Å². The smallest absolute Gasteiger partial charge is 0.267 e. The van der Waals surface area contributed by atoms with Crippen molar-refractivity contribution in [2.24, 2.45) is 0 Å². The molecule has 2 heterocycles. The summed E-state index contributed by atoms with van der Waals surface area (Å²) < 4.78 is 39.7. The minimum absolute atomic E-state index is 0.0932. The van der Waals surface area contributed by atoms with Crippen LogP contribution in [0, 0.1) is 6.92 Å². The summed E-state index contributed by atoms with van der Waals surface area (Å²) in [4.78, 5) is 17.4. The number of ether oxygens (including phenoxy) is 2. The van der Waals surface area contributed by atoms with Crippen molar-refractivity contribution in [2.75, 3.05) is 23.3 Å². The number of fused-ring (bicyclic) bond motifs is 1. The molecule has 0 aliphatic carbocycles. The van der Waals surface area contributed by atoms with Gasteiger partial charge in [0.25, 0.3) is 15.9 Å². The van der Waals surface area contributed by atoms with E-state index in [9.17, 15) is 13.2 Å². The number of benzene rings is 3. The normalized spacial score (nSPS) is 14.8. The van der Waals surface area contributed by atoms with Crippen LogP contribution in [0.4, 0.5) is 11.4 Å². The zero-order valence-corrected chi connectivity index (χ0v) is 21.8. The highest BCUT2D eigenvalue weighted by molar-refractivity contribution is 7.92. The topological polar surface area (TPSA) is 97.8 Å². The van der Waals surface area contributed by atoms with Crippen molar-refractivity contribution >= 4 is 27.3 Å².